The van der Waals surface area contributed by atoms with Gasteiger partial charge < -0.3 is 10.3 Å². The second kappa shape index (κ2) is 9.07. The van der Waals surface area contributed by atoms with E-state index in [-0.39, 0.29) is 17.2 Å². The van der Waals surface area contributed by atoms with Gasteiger partial charge in [-0.1, -0.05) is 54.2 Å². The Labute approximate surface area is 207 Å². The van der Waals surface area contributed by atoms with E-state index in [4.69, 9.17) is 4.98 Å². The molecule has 176 valence electrons. The highest BCUT2D eigenvalue weighted by Gasteiger charge is 2.19. The number of nitrogens with one attached hydrogen (secondary N) is 2. The molecule has 3 aromatic carbocycles. The highest BCUT2D eigenvalue weighted by atomic mass is 32.2. The molecule has 0 unspecified atom stereocenters. The van der Waals surface area contributed by atoms with E-state index in [9.17, 15) is 9.59 Å². The molecule has 7 heteroatoms. The monoisotopic (exact) mass is 482 g/mol. The number of carbonyl (C=O) groups excluding carboxylic acids is 1. The molecule has 0 saturated carbocycles. The molecule has 2 N–H and O–H groups in total. The maximum absolute atomic E-state index is 13.8. The number of aryl methyl sites for hydroxylation is 3. The molecule has 5 rings (SSSR count). The van der Waals surface area contributed by atoms with Crippen molar-refractivity contribution >= 4 is 45.3 Å². The number of hydrogen-bond acceptors (Lipinski definition) is 4. The number of para-hydroxylation sites is 1. The van der Waals surface area contributed by atoms with Crippen molar-refractivity contribution < 1.29 is 4.79 Å². The van der Waals surface area contributed by atoms with Crippen molar-refractivity contribution in [2.24, 2.45) is 0 Å². The Morgan fingerprint density at radius 3 is 2.63 bits per heavy atom. The number of H-pyrrole nitrogens is 1. The van der Waals surface area contributed by atoms with E-state index >= 15 is 0 Å². The molecule has 0 aliphatic heterocycles. The smallest absolute Gasteiger partial charge is 0.283 e. The van der Waals surface area contributed by atoms with E-state index in [0.29, 0.717) is 16.2 Å². The molecule has 5 aromatic rings. The predicted molar refractivity (Wildman–Crippen MR) is 144 cm³/mol. The number of aromatic amines is 1. The highest BCUT2D eigenvalue weighted by Crippen LogP contribution is 2.28. The number of rotatable bonds is 5. The first-order valence-corrected chi connectivity index (χ1v) is 12.4. The number of amides is 1. The zero-order chi connectivity index (χ0) is 24.7. The minimum atomic E-state index is -0.183. The predicted octanol–water partition coefficient (Wildman–Crippen LogP) is 5.83. The van der Waals surface area contributed by atoms with Gasteiger partial charge in [0.25, 0.3) is 5.56 Å². The maximum Gasteiger partial charge on any atom is 0.283 e. The van der Waals surface area contributed by atoms with Crippen LogP contribution in [-0.2, 0) is 4.79 Å². The van der Waals surface area contributed by atoms with Gasteiger partial charge >= 0.3 is 0 Å². The molecule has 0 saturated heterocycles. The van der Waals surface area contributed by atoms with Crippen molar-refractivity contribution in [3.8, 4) is 5.69 Å². The summed E-state index contributed by atoms with van der Waals surface area (Å²) in [5.74, 6) is -0.0251. The van der Waals surface area contributed by atoms with Gasteiger partial charge in [-0.3, -0.25) is 14.2 Å². The normalized spacial score (nSPS) is 11.3. The summed E-state index contributed by atoms with van der Waals surface area (Å²) in [4.78, 5) is 34.8. The number of carbonyl (C=O) groups is 1. The number of nitrogens with zero attached hydrogens (tertiary/aromatic N) is 2. The first-order valence-electron chi connectivity index (χ1n) is 11.4. The fourth-order valence-electron chi connectivity index (χ4n) is 4.22. The molecular formula is C28H26N4O2S. The second-order valence-corrected chi connectivity index (χ2v) is 9.75. The van der Waals surface area contributed by atoms with Gasteiger partial charge in [-0.15, -0.1) is 0 Å². The van der Waals surface area contributed by atoms with Crippen molar-refractivity contribution in [3.05, 3.63) is 93.3 Å². The van der Waals surface area contributed by atoms with Gasteiger partial charge in [-0.2, -0.15) is 0 Å². The van der Waals surface area contributed by atoms with Gasteiger partial charge in [-0.05, 0) is 68.1 Å². The van der Waals surface area contributed by atoms with Gasteiger partial charge in [0.1, 0.15) is 11.0 Å². The molecule has 0 fully saturated rings. The average molecular weight is 483 g/mol. The van der Waals surface area contributed by atoms with Gasteiger partial charge in [0, 0.05) is 16.6 Å². The van der Waals surface area contributed by atoms with Gasteiger partial charge in [0.15, 0.2) is 5.16 Å². The summed E-state index contributed by atoms with van der Waals surface area (Å²) in [5.41, 5.74) is 7.45. The third-order valence-electron chi connectivity index (χ3n) is 6.31. The van der Waals surface area contributed by atoms with Gasteiger partial charge in [0.2, 0.25) is 5.91 Å². The quantitative estimate of drug-likeness (QED) is 0.244. The summed E-state index contributed by atoms with van der Waals surface area (Å²) in [5, 5.41) is 4.36. The fourth-order valence-corrected chi connectivity index (χ4v) is 5.01. The van der Waals surface area contributed by atoms with Gasteiger partial charge in [0.05, 0.1) is 11.4 Å². The van der Waals surface area contributed by atoms with E-state index in [1.54, 1.807) is 4.57 Å². The first-order chi connectivity index (χ1) is 16.8. The lowest BCUT2D eigenvalue weighted by molar-refractivity contribution is -0.113. The molecule has 2 aromatic heterocycles. The van der Waals surface area contributed by atoms with Crippen molar-refractivity contribution in [1.82, 2.24) is 14.5 Å². The third kappa shape index (κ3) is 4.23. The zero-order valence-corrected chi connectivity index (χ0v) is 20.9. The van der Waals surface area contributed by atoms with Crippen LogP contribution in [0.1, 0.15) is 22.3 Å². The number of hydrogen-bond donors (Lipinski definition) is 2. The molecule has 0 bridgehead atoms. The third-order valence-corrected chi connectivity index (χ3v) is 7.25. The molecule has 0 aliphatic carbocycles. The van der Waals surface area contributed by atoms with Crippen LogP contribution in [0.25, 0.3) is 27.6 Å². The Bertz CT molecular complexity index is 1670. The molecule has 35 heavy (non-hydrogen) atoms. The van der Waals surface area contributed by atoms with Crippen LogP contribution in [0.2, 0.25) is 0 Å². The standard InChI is InChI=1S/C28H26N4O2S/c1-16-12-13-18(3)22(14-16)29-24(33)15-35-28-31-25-20-9-5-6-10-21(20)30-26(25)27(34)32(28)23-11-7-8-17(2)19(23)4/h5-14,30H,15H2,1-4H3,(H,29,33). The van der Waals surface area contributed by atoms with Crippen LogP contribution < -0.4 is 10.9 Å². The van der Waals surface area contributed by atoms with Gasteiger partial charge in [-0.25, -0.2) is 4.98 Å². The summed E-state index contributed by atoms with van der Waals surface area (Å²) in [6.07, 6.45) is 0. The van der Waals surface area contributed by atoms with E-state index in [1.807, 2.05) is 88.4 Å². The SMILES string of the molecule is Cc1ccc(C)c(NC(=O)CSc2nc3c([nH]c4ccccc43)c(=O)n2-c2cccc(C)c2C)c1. The van der Waals surface area contributed by atoms with Crippen molar-refractivity contribution in [3.63, 3.8) is 0 Å². The summed E-state index contributed by atoms with van der Waals surface area (Å²) < 4.78 is 1.62. The van der Waals surface area contributed by atoms with Crippen molar-refractivity contribution in [2.75, 3.05) is 11.1 Å². The van der Waals surface area contributed by atoms with Crippen molar-refractivity contribution in [1.29, 1.82) is 0 Å². The second-order valence-electron chi connectivity index (χ2n) is 8.80. The molecule has 0 atom stereocenters. The number of fused-ring (bicyclic) bond motifs is 3. The van der Waals surface area contributed by atoms with E-state index in [2.05, 4.69) is 10.3 Å². The van der Waals surface area contributed by atoms with Crippen LogP contribution in [0.4, 0.5) is 5.69 Å². The molecule has 6 nitrogen and oxygen atoms in total. The van der Waals surface area contributed by atoms with Crippen molar-refractivity contribution in [2.45, 2.75) is 32.9 Å². The topological polar surface area (TPSA) is 79.8 Å². The molecule has 1 amide bonds. The van der Waals surface area contributed by atoms with E-state index in [1.165, 1.54) is 11.8 Å². The minimum absolute atomic E-state index is 0.124. The maximum atomic E-state index is 13.8. The molecule has 2 heterocycles. The summed E-state index contributed by atoms with van der Waals surface area (Å²) in [6.45, 7) is 7.97. The largest absolute Gasteiger partial charge is 0.349 e. The number of thioether (sulfide) groups is 1. The summed E-state index contributed by atoms with van der Waals surface area (Å²) >= 11 is 1.26. The number of benzene rings is 3. The summed E-state index contributed by atoms with van der Waals surface area (Å²) in [7, 11) is 0. The number of aromatic nitrogens is 3. The fraction of sp³-hybridized carbons (Fsp3) is 0.179. The zero-order valence-electron chi connectivity index (χ0n) is 20.1. The molecule has 0 aliphatic rings. The average Bonchev–Trinajstić information content (AvgIpc) is 3.21. The van der Waals surface area contributed by atoms with Crippen LogP contribution in [0.15, 0.2) is 70.6 Å². The summed E-state index contributed by atoms with van der Waals surface area (Å²) in [6, 6.07) is 19.6. The van der Waals surface area contributed by atoms with Crippen LogP contribution in [0, 0.1) is 27.7 Å². The Kier molecular flexibility index (Phi) is 5.94. The number of anilines is 1. The Hall–Kier alpha value is -3.84. The first kappa shape index (κ1) is 22.9. The van der Waals surface area contributed by atoms with Crippen LogP contribution in [-0.4, -0.2) is 26.2 Å². The Morgan fingerprint density at radius 1 is 1.00 bits per heavy atom. The Morgan fingerprint density at radius 2 is 1.80 bits per heavy atom. The molecule has 0 radical (unpaired) electrons. The lowest BCUT2D eigenvalue weighted by atomic mass is 10.1. The van der Waals surface area contributed by atoms with Crippen LogP contribution in [0.5, 0.6) is 0 Å². The van der Waals surface area contributed by atoms with Crippen LogP contribution >= 0.6 is 11.8 Å². The van der Waals surface area contributed by atoms with E-state index in [0.717, 1.165) is 44.5 Å². The lowest BCUT2D eigenvalue weighted by Crippen LogP contribution is -2.24. The lowest BCUT2D eigenvalue weighted by Gasteiger charge is -2.15. The Balaban J connectivity index is 1.59. The van der Waals surface area contributed by atoms with E-state index < -0.39 is 0 Å². The minimum Gasteiger partial charge on any atom is -0.349 e. The highest BCUT2D eigenvalue weighted by molar-refractivity contribution is 7.99. The molecule has 0 spiro atoms. The molecular weight excluding hydrogens is 456 g/mol. The van der Waals surface area contributed by atoms with Crippen LogP contribution in [0.3, 0.4) is 0 Å².